The van der Waals surface area contributed by atoms with Crippen molar-refractivity contribution in [3.8, 4) is 0 Å². The van der Waals surface area contributed by atoms with Gasteiger partial charge in [0.05, 0.1) is 0 Å². The molecule has 0 aliphatic carbocycles. The van der Waals surface area contributed by atoms with Crippen LogP contribution in [0.5, 0.6) is 0 Å². The molecule has 1 heterocycles. The zero-order valence-electron chi connectivity index (χ0n) is 12.9. The molecular formula is C17H26N2O. The van der Waals surface area contributed by atoms with Gasteiger partial charge in [-0.1, -0.05) is 44.2 Å². The number of benzene rings is 1. The number of carbonyl (C=O) groups excluding carboxylic acids is 1. The summed E-state index contributed by atoms with van der Waals surface area (Å²) >= 11 is 0. The van der Waals surface area contributed by atoms with Crippen molar-refractivity contribution >= 4 is 5.91 Å². The van der Waals surface area contributed by atoms with Gasteiger partial charge in [0.25, 0.3) is 0 Å². The van der Waals surface area contributed by atoms with E-state index in [-0.39, 0.29) is 0 Å². The van der Waals surface area contributed by atoms with Gasteiger partial charge in [0.15, 0.2) is 0 Å². The molecule has 0 aromatic heterocycles. The Morgan fingerprint density at radius 3 is 2.25 bits per heavy atom. The van der Waals surface area contributed by atoms with Crippen LogP contribution in [-0.2, 0) is 4.79 Å². The summed E-state index contributed by atoms with van der Waals surface area (Å²) in [5.74, 6) is 1.11. The van der Waals surface area contributed by atoms with Gasteiger partial charge in [-0.2, -0.15) is 0 Å². The first-order valence-electron chi connectivity index (χ1n) is 7.59. The molecular weight excluding hydrogens is 248 g/mol. The van der Waals surface area contributed by atoms with Crippen LogP contribution in [0.3, 0.4) is 0 Å². The largest absolute Gasteiger partial charge is 0.340 e. The third kappa shape index (κ3) is 3.83. The molecule has 0 saturated carbocycles. The molecule has 1 aromatic rings. The van der Waals surface area contributed by atoms with E-state index < -0.39 is 0 Å². The number of piperazine rings is 1. The molecule has 1 aliphatic heterocycles. The van der Waals surface area contributed by atoms with E-state index in [0.29, 0.717) is 24.2 Å². The lowest BCUT2D eigenvalue weighted by atomic mass is 9.85. The van der Waals surface area contributed by atoms with Gasteiger partial charge in [-0.15, -0.1) is 0 Å². The van der Waals surface area contributed by atoms with Crippen LogP contribution in [0.15, 0.2) is 30.3 Å². The Morgan fingerprint density at radius 1 is 1.10 bits per heavy atom. The van der Waals surface area contributed by atoms with E-state index in [4.69, 9.17) is 0 Å². The van der Waals surface area contributed by atoms with Gasteiger partial charge in [0, 0.05) is 32.6 Å². The van der Waals surface area contributed by atoms with Gasteiger partial charge in [-0.05, 0) is 24.4 Å². The number of nitrogens with zero attached hydrogens (tertiary/aromatic N) is 2. The summed E-state index contributed by atoms with van der Waals surface area (Å²) in [6.45, 7) is 8.13. The molecule has 20 heavy (non-hydrogen) atoms. The van der Waals surface area contributed by atoms with Gasteiger partial charge in [-0.3, -0.25) is 4.79 Å². The van der Waals surface area contributed by atoms with Crippen LogP contribution in [-0.4, -0.2) is 48.9 Å². The average molecular weight is 274 g/mol. The lowest BCUT2D eigenvalue weighted by Crippen LogP contribution is -2.47. The van der Waals surface area contributed by atoms with E-state index in [0.717, 1.165) is 26.2 Å². The van der Waals surface area contributed by atoms with Gasteiger partial charge in [0.2, 0.25) is 5.91 Å². The second-order valence-electron chi connectivity index (χ2n) is 6.15. The van der Waals surface area contributed by atoms with E-state index in [1.807, 2.05) is 11.0 Å². The zero-order chi connectivity index (χ0) is 14.5. The third-order valence-electron chi connectivity index (χ3n) is 4.28. The van der Waals surface area contributed by atoms with Crippen LogP contribution >= 0.6 is 0 Å². The fourth-order valence-corrected chi connectivity index (χ4v) is 2.81. The highest BCUT2D eigenvalue weighted by Gasteiger charge is 2.24. The molecule has 3 nitrogen and oxygen atoms in total. The van der Waals surface area contributed by atoms with Crippen molar-refractivity contribution < 1.29 is 4.79 Å². The molecule has 0 spiro atoms. The monoisotopic (exact) mass is 274 g/mol. The van der Waals surface area contributed by atoms with Gasteiger partial charge >= 0.3 is 0 Å². The SMILES string of the molecule is CC(C)[C@H](CC(=O)N1CCN(C)CC1)c1ccccc1. The van der Waals surface area contributed by atoms with E-state index in [9.17, 15) is 4.79 Å². The minimum atomic E-state index is 0.306. The fourth-order valence-electron chi connectivity index (χ4n) is 2.81. The Hall–Kier alpha value is -1.35. The maximum absolute atomic E-state index is 12.5. The van der Waals surface area contributed by atoms with Crippen molar-refractivity contribution in [3.05, 3.63) is 35.9 Å². The van der Waals surface area contributed by atoms with Gasteiger partial charge in [-0.25, -0.2) is 0 Å². The maximum atomic E-state index is 12.5. The van der Waals surface area contributed by atoms with Crippen LogP contribution < -0.4 is 0 Å². The van der Waals surface area contributed by atoms with Crippen LogP contribution in [0, 0.1) is 5.92 Å². The van der Waals surface area contributed by atoms with Gasteiger partial charge < -0.3 is 9.80 Å². The van der Waals surface area contributed by atoms with Gasteiger partial charge in [0.1, 0.15) is 0 Å². The highest BCUT2D eigenvalue weighted by molar-refractivity contribution is 5.77. The number of hydrogen-bond acceptors (Lipinski definition) is 2. The predicted molar refractivity (Wildman–Crippen MR) is 82.7 cm³/mol. The average Bonchev–Trinajstić information content (AvgIpc) is 2.46. The summed E-state index contributed by atoms with van der Waals surface area (Å²) in [6, 6.07) is 10.4. The molecule has 0 radical (unpaired) electrons. The summed E-state index contributed by atoms with van der Waals surface area (Å²) in [4.78, 5) is 16.8. The van der Waals surface area contributed by atoms with E-state index in [2.05, 4.69) is 50.1 Å². The first-order chi connectivity index (χ1) is 9.58. The first kappa shape index (κ1) is 15.0. The summed E-state index contributed by atoms with van der Waals surface area (Å²) < 4.78 is 0. The molecule has 0 unspecified atom stereocenters. The third-order valence-corrected chi connectivity index (χ3v) is 4.28. The molecule has 0 N–H and O–H groups in total. The molecule has 1 atom stereocenters. The summed E-state index contributed by atoms with van der Waals surface area (Å²) in [5, 5.41) is 0. The van der Waals surface area contributed by atoms with Crippen LogP contribution in [0.2, 0.25) is 0 Å². The standard InChI is InChI=1S/C17H26N2O/c1-14(2)16(15-7-5-4-6-8-15)13-17(20)19-11-9-18(3)10-12-19/h4-8,14,16H,9-13H2,1-3H3/t16-/m0/s1. The second kappa shape index (κ2) is 6.89. The van der Waals surface area contributed by atoms with E-state index in [1.54, 1.807) is 0 Å². The minimum Gasteiger partial charge on any atom is -0.340 e. The molecule has 0 bridgehead atoms. The lowest BCUT2D eigenvalue weighted by Gasteiger charge is -2.34. The molecule has 1 saturated heterocycles. The normalized spacial score (nSPS) is 18.3. The Labute approximate surface area is 122 Å². The number of amides is 1. The zero-order valence-corrected chi connectivity index (χ0v) is 12.9. The molecule has 1 aromatic carbocycles. The smallest absolute Gasteiger partial charge is 0.223 e. The lowest BCUT2D eigenvalue weighted by molar-refractivity contribution is -0.133. The molecule has 110 valence electrons. The molecule has 1 amide bonds. The Balaban J connectivity index is 2.00. The number of hydrogen-bond donors (Lipinski definition) is 0. The van der Waals surface area contributed by atoms with Crippen LogP contribution in [0.25, 0.3) is 0 Å². The Bertz CT molecular complexity index is 422. The first-order valence-corrected chi connectivity index (χ1v) is 7.59. The second-order valence-corrected chi connectivity index (χ2v) is 6.15. The number of carbonyl (C=O) groups is 1. The van der Waals surface area contributed by atoms with Crippen molar-refractivity contribution in [2.75, 3.05) is 33.2 Å². The maximum Gasteiger partial charge on any atom is 0.223 e. The summed E-state index contributed by atoms with van der Waals surface area (Å²) in [7, 11) is 2.11. The fraction of sp³-hybridized carbons (Fsp3) is 0.588. The highest BCUT2D eigenvalue weighted by Crippen LogP contribution is 2.28. The molecule has 1 fully saturated rings. The van der Waals surface area contributed by atoms with Crippen molar-refractivity contribution in [1.82, 2.24) is 9.80 Å². The number of likely N-dealkylation sites (N-methyl/N-ethyl adjacent to an activating group) is 1. The number of rotatable bonds is 4. The van der Waals surface area contributed by atoms with Crippen molar-refractivity contribution in [2.24, 2.45) is 5.92 Å². The molecule has 1 aliphatic rings. The van der Waals surface area contributed by atoms with E-state index in [1.165, 1.54) is 5.56 Å². The van der Waals surface area contributed by atoms with Crippen LogP contribution in [0.1, 0.15) is 31.7 Å². The highest BCUT2D eigenvalue weighted by atomic mass is 16.2. The summed E-state index contributed by atoms with van der Waals surface area (Å²) in [5.41, 5.74) is 1.28. The quantitative estimate of drug-likeness (QED) is 0.842. The van der Waals surface area contributed by atoms with Crippen molar-refractivity contribution in [1.29, 1.82) is 0 Å². The van der Waals surface area contributed by atoms with Crippen molar-refractivity contribution in [3.63, 3.8) is 0 Å². The van der Waals surface area contributed by atoms with E-state index >= 15 is 0 Å². The Morgan fingerprint density at radius 2 is 1.70 bits per heavy atom. The minimum absolute atomic E-state index is 0.306. The topological polar surface area (TPSA) is 23.6 Å². The predicted octanol–water partition coefficient (Wildman–Crippen LogP) is 2.59. The van der Waals surface area contributed by atoms with Crippen molar-refractivity contribution in [2.45, 2.75) is 26.2 Å². The van der Waals surface area contributed by atoms with Crippen LogP contribution in [0.4, 0.5) is 0 Å². The molecule has 2 rings (SSSR count). The Kier molecular flexibility index (Phi) is 5.18. The summed E-state index contributed by atoms with van der Waals surface area (Å²) in [6.07, 6.45) is 0.630. The molecule has 3 heteroatoms.